The van der Waals surface area contributed by atoms with Gasteiger partial charge in [0, 0.05) is 17.1 Å². The third-order valence-electron chi connectivity index (χ3n) is 4.58. The molecule has 0 saturated heterocycles. The average molecular weight is 373 g/mol. The van der Waals surface area contributed by atoms with Gasteiger partial charge in [0.25, 0.3) is 0 Å². The number of benzene rings is 1. The van der Waals surface area contributed by atoms with Crippen molar-refractivity contribution in [1.82, 2.24) is 15.1 Å². The molecule has 0 spiro atoms. The Labute approximate surface area is 160 Å². The summed E-state index contributed by atoms with van der Waals surface area (Å²) < 4.78 is 1.86. The molecule has 1 amide bonds. The van der Waals surface area contributed by atoms with Crippen LogP contribution in [0.2, 0.25) is 5.02 Å². The van der Waals surface area contributed by atoms with Gasteiger partial charge in [-0.2, -0.15) is 10.4 Å². The Morgan fingerprint density at radius 3 is 2.65 bits per heavy atom. The maximum absolute atomic E-state index is 12.4. The lowest BCUT2D eigenvalue weighted by atomic mass is 10.0. The number of amides is 1. The summed E-state index contributed by atoms with van der Waals surface area (Å²) in [7, 11) is 0. The lowest BCUT2D eigenvalue weighted by Crippen LogP contribution is -2.28. The summed E-state index contributed by atoms with van der Waals surface area (Å²) in [4.78, 5) is 12.4. The molecule has 0 saturated carbocycles. The SMILES string of the molecule is CCC(NC(=O)CCc1c(C)nn(CCC#N)c1C)c1ccc(Cl)cc1. The zero-order chi connectivity index (χ0) is 19.1. The molecule has 0 aliphatic carbocycles. The Morgan fingerprint density at radius 1 is 1.35 bits per heavy atom. The summed E-state index contributed by atoms with van der Waals surface area (Å²) in [6, 6.07) is 9.70. The summed E-state index contributed by atoms with van der Waals surface area (Å²) in [5.74, 6) is 0.0235. The zero-order valence-corrected chi connectivity index (χ0v) is 16.3. The highest BCUT2D eigenvalue weighted by Gasteiger charge is 2.16. The fourth-order valence-electron chi connectivity index (χ4n) is 3.09. The summed E-state index contributed by atoms with van der Waals surface area (Å²) in [5.41, 5.74) is 4.12. The minimum absolute atomic E-state index is 0.0136. The predicted molar refractivity (Wildman–Crippen MR) is 103 cm³/mol. The molecule has 6 heteroatoms. The number of nitrogens with zero attached hydrogens (tertiary/aromatic N) is 3. The van der Waals surface area contributed by atoms with Crippen LogP contribution in [-0.4, -0.2) is 15.7 Å². The van der Waals surface area contributed by atoms with Gasteiger partial charge in [-0.3, -0.25) is 9.48 Å². The van der Waals surface area contributed by atoms with Crippen molar-refractivity contribution in [3.8, 4) is 6.07 Å². The molecule has 1 atom stereocenters. The van der Waals surface area contributed by atoms with Crippen LogP contribution in [0.3, 0.4) is 0 Å². The molecule has 1 N–H and O–H groups in total. The zero-order valence-electron chi connectivity index (χ0n) is 15.6. The highest BCUT2D eigenvalue weighted by atomic mass is 35.5. The first-order valence-corrected chi connectivity index (χ1v) is 9.28. The van der Waals surface area contributed by atoms with E-state index in [-0.39, 0.29) is 11.9 Å². The molecule has 0 aliphatic rings. The van der Waals surface area contributed by atoms with E-state index in [1.54, 1.807) is 0 Å². The van der Waals surface area contributed by atoms with Crippen LogP contribution in [0.1, 0.15) is 54.7 Å². The number of hydrogen-bond donors (Lipinski definition) is 1. The van der Waals surface area contributed by atoms with Crippen molar-refractivity contribution in [3.63, 3.8) is 0 Å². The smallest absolute Gasteiger partial charge is 0.220 e. The van der Waals surface area contributed by atoms with Crippen molar-refractivity contribution < 1.29 is 4.79 Å². The Morgan fingerprint density at radius 2 is 2.04 bits per heavy atom. The van der Waals surface area contributed by atoms with Gasteiger partial charge in [0.1, 0.15) is 0 Å². The number of nitriles is 1. The first-order chi connectivity index (χ1) is 12.5. The number of carbonyl (C=O) groups excluding carboxylic acids is 1. The van der Waals surface area contributed by atoms with Crippen molar-refractivity contribution in [3.05, 3.63) is 51.8 Å². The van der Waals surface area contributed by atoms with Crippen molar-refractivity contribution in [1.29, 1.82) is 5.26 Å². The van der Waals surface area contributed by atoms with E-state index >= 15 is 0 Å². The van der Waals surface area contributed by atoms with E-state index in [0.29, 0.717) is 30.8 Å². The third kappa shape index (κ3) is 5.09. The molecular weight excluding hydrogens is 348 g/mol. The van der Waals surface area contributed by atoms with E-state index < -0.39 is 0 Å². The number of hydrogen-bond acceptors (Lipinski definition) is 3. The van der Waals surface area contributed by atoms with Crippen molar-refractivity contribution in [2.75, 3.05) is 0 Å². The van der Waals surface area contributed by atoms with Crippen molar-refractivity contribution >= 4 is 17.5 Å². The minimum atomic E-state index is -0.0136. The van der Waals surface area contributed by atoms with Crippen molar-refractivity contribution in [2.24, 2.45) is 0 Å². The minimum Gasteiger partial charge on any atom is -0.349 e. The van der Waals surface area contributed by atoms with Gasteiger partial charge < -0.3 is 5.32 Å². The van der Waals surface area contributed by atoms with Crippen molar-refractivity contribution in [2.45, 2.75) is 59.0 Å². The van der Waals surface area contributed by atoms with Crippen LogP contribution in [0.4, 0.5) is 0 Å². The molecule has 1 aromatic heterocycles. The van der Waals surface area contributed by atoms with Gasteiger partial charge in [-0.25, -0.2) is 0 Å². The Bertz CT molecular complexity index is 789. The normalized spacial score (nSPS) is 11.8. The van der Waals surface area contributed by atoms with Crippen LogP contribution in [0.15, 0.2) is 24.3 Å². The highest BCUT2D eigenvalue weighted by molar-refractivity contribution is 6.30. The summed E-state index contributed by atoms with van der Waals surface area (Å²) in [5, 5.41) is 17.0. The topological polar surface area (TPSA) is 70.7 Å². The lowest BCUT2D eigenvalue weighted by Gasteiger charge is -2.17. The van der Waals surface area contributed by atoms with E-state index in [4.69, 9.17) is 16.9 Å². The maximum atomic E-state index is 12.4. The number of nitrogens with one attached hydrogen (secondary N) is 1. The van der Waals surface area contributed by atoms with Crippen LogP contribution in [0, 0.1) is 25.2 Å². The number of rotatable bonds is 8. The quantitative estimate of drug-likeness (QED) is 0.752. The molecule has 0 fully saturated rings. The molecule has 0 radical (unpaired) electrons. The van der Waals surface area contributed by atoms with Gasteiger partial charge in [0.15, 0.2) is 0 Å². The predicted octanol–water partition coefficient (Wildman–Crippen LogP) is 4.27. The molecule has 26 heavy (non-hydrogen) atoms. The van der Waals surface area contributed by atoms with Crippen LogP contribution in [0.25, 0.3) is 0 Å². The standard InChI is InChI=1S/C20H25ClN4O/c1-4-19(16-6-8-17(21)9-7-16)23-20(26)11-10-18-14(2)24-25(15(18)3)13-5-12-22/h6-9,19H,4-5,10-11,13H2,1-3H3,(H,23,26). The van der Waals surface area contributed by atoms with Gasteiger partial charge in [-0.15, -0.1) is 0 Å². The first kappa shape index (κ1) is 20.0. The molecule has 1 aromatic carbocycles. The van der Waals surface area contributed by atoms with E-state index in [0.717, 1.165) is 28.9 Å². The van der Waals surface area contributed by atoms with Gasteiger partial charge in [-0.05, 0) is 49.9 Å². The summed E-state index contributed by atoms with van der Waals surface area (Å²) >= 11 is 5.93. The average Bonchev–Trinajstić information content (AvgIpc) is 2.90. The highest BCUT2D eigenvalue weighted by Crippen LogP contribution is 2.20. The number of aryl methyl sites for hydroxylation is 2. The van der Waals surface area contributed by atoms with E-state index in [2.05, 4.69) is 16.5 Å². The number of halogens is 1. The Kier molecular flexibility index (Phi) is 7.23. The maximum Gasteiger partial charge on any atom is 0.220 e. The van der Waals surface area contributed by atoms with E-state index in [9.17, 15) is 4.79 Å². The number of aromatic nitrogens is 2. The molecule has 1 unspecified atom stereocenters. The Hall–Kier alpha value is -2.32. The van der Waals surface area contributed by atoms with E-state index in [1.165, 1.54) is 0 Å². The Balaban J connectivity index is 1.97. The molecule has 1 heterocycles. The number of carbonyl (C=O) groups is 1. The van der Waals surface area contributed by atoms with Gasteiger partial charge >= 0.3 is 0 Å². The molecule has 2 rings (SSSR count). The molecular formula is C20H25ClN4O. The largest absolute Gasteiger partial charge is 0.349 e. The fourth-order valence-corrected chi connectivity index (χ4v) is 3.22. The van der Waals surface area contributed by atoms with Gasteiger partial charge in [-0.1, -0.05) is 30.7 Å². The molecule has 5 nitrogen and oxygen atoms in total. The van der Waals surface area contributed by atoms with Crippen LogP contribution >= 0.6 is 11.6 Å². The van der Waals surface area contributed by atoms with E-state index in [1.807, 2.05) is 49.7 Å². The lowest BCUT2D eigenvalue weighted by molar-refractivity contribution is -0.121. The molecule has 138 valence electrons. The second-order valence-electron chi connectivity index (χ2n) is 6.36. The molecule has 2 aromatic rings. The van der Waals surface area contributed by atoms with Crippen LogP contribution in [0.5, 0.6) is 0 Å². The monoisotopic (exact) mass is 372 g/mol. The van der Waals surface area contributed by atoms with Crippen LogP contribution in [-0.2, 0) is 17.8 Å². The van der Waals surface area contributed by atoms with Gasteiger partial charge in [0.2, 0.25) is 5.91 Å². The summed E-state index contributed by atoms with van der Waals surface area (Å²) in [6.45, 7) is 6.58. The van der Waals surface area contributed by atoms with Crippen LogP contribution < -0.4 is 5.32 Å². The second kappa shape index (κ2) is 9.40. The van der Waals surface area contributed by atoms with Gasteiger partial charge in [0.05, 0.1) is 30.8 Å². The molecule has 0 bridgehead atoms. The first-order valence-electron chi connectivity index (χ1n) is 8.90. The third-order valence-corrected chi connectivity index (χ3v) is 4.84. The fraction of sp³-hybridized carbons (Fsp3) is 0.450. The second-order valence-corrected chi connectivity index (χ2v) is 6.80. The molecule has 0 aliphatic heterocycles. The summed E-state index contributed by atoms with van der Waals surface area (Å²) in [6.07, 6.45) is 2.31.